The summed E-state index contributed by atoms with van der Waals surface area (Å²) < 4.78 is 0. The van der Waals surface area contributed by atoms with Gasteiger partial charge in [0.15, 0.2) is 6.19 Å². The Labute approximate surface area is 59.3 Å². The molecule has 0 bridgehead atoms. The van der Waals surface area contributed by atoms with E-state index in [1.54, 1.807) is 6.19 Å². The third kappa shape index (κ3) is 2.31. The fraction of sp³-hybridized carbons (Fsp3) is 0.429. The van der Waals surface area contributed by atoms with Gasteiger partial charge < -0.3 is 0 Å². The monoisotopic (exact) mass is 136 g/mol. The summed E-state index contributed by atoms with van der Waals surface area (Å²) in [4.78, 5) is 10.6. The highest BCUT2D eigenvalue weighted by Crippen LogP contribution is 2.29. The zero-order valence-electron chi connectivity index (χ0n) is 5.50. The van der Waals surface area contributed by atoms with E-state index in [1.807, 2.05) is 11.4 Å². The molecular formula is C7H8N2O. The van der Waals surface area contributed by atoms with E-state index in [0.29, 0.717) is 5.92 Å². The molecule has 1 N–H and O–H groups in total. The number of nitrogens with zero attached hydrogens (tertiary/aromatic N) is 1. The molecule has 0 heterocycles. The van der Waals surface area contributed by atoms with Crippen molar-refractivity contribution in [1.82, 2.24) is 5.32 Å². The van der Waals surface area contributed by atoms with Crippen molar-refractivity contribution < 1.29 is 4.79 Å². The van der Waals surface area contributed by atoms with E-state index < -0.39 is 0 Å². The van der Waals surface area contributed by atoms with Crippen LogP contribution in [0.5, 0.6) is 0 Å². The molecule has 1 saturated carbocycles. The molecule has 0 unspecified atom stereocenters. The Kier molecular flexibility index (Phi) is 2.06. The maximum atomic E-state index is 10.6. The first-order chi connectivity index (χ1) is 4.83. The van der Waals surface area contributed by atoms with Crippen molar-refractivity contribution in [3.63, 3.8) is 0 Å². The lowest BCUT2D eigenvalue weighted by Gasteiger charge is -1.84. The van der Waals surface area contributed by atoms with Crippen molar-refractivity contribution >= 4 is 5.91 Å². The van der Waals surface area contributed by atoms with Gasteiger partial charge in [-0.3, -0.25) is 10.1 Å². The van der Waals surface area contributed by atoms with Gasteiger partial charge in [0.2, 0.25) is 0 Å². The van der Waals surface area contributed by atoms with E-state index in [1.165, 1.54) is 18.9 Å². The standard InChI is InChI=1S/C7H8N2O/c8-5-9-7(10)4-3-6-1-2-6/h3-4,6H,1-2H2,(H,9,10). The summed E-state index contributed by atoms with van der Waals surface area (Å²) in [5.41, 5.74) is 0. The number of amides is 1. The lowest BCUT2D eigenvalue weighted by Crippen LogP contribution is -2.13. The number of rotatable bonds is 2. The number of nitrogens with one attached hydrogen (secondary N) is 1. The quantitative estimate of drug-likeness (QED) is 0.342. The minimum atomic E-state index is -0.325. The van der Waals surface area contributed by atoms with Crippen LogP contribution in [0.3, 0.4) is 0 Å². The smallest absolute Gasteiger partial charge is 0.256 e. The summed E-state index contributed by atoms with van der Waals surface area (Å²) in [6.45, 7) is 0. The second-order valence-electron chi connectivity index (χ2n) is 2.30. The zero-order chi connectivity index (χ0) is 7.40. The van der Waals surface area contributed by atoms with Crippen LogP contribution >= 0.6 is 0 Å². The van der Waals surface area contributed by atoms with Gasteiger partial charge in [-0.2, -0.15) is 5.26 Å². The largest absolute Gasteiger partial charge is 0.269 e. The fourth-order valence-electron chi connectivity index (χ4n) is 0.609. The Morgan fingerprint density at radius 3 is 2.90 bits per heavy atom. The van der Waals surface area contributed by atoms with Crippen LogP contribution in [0.15, 0.2) is 12.2 Å². The summed E-state index contributed by atoms with van der Waals surface area (Å²) >= 11 is 0. The van der Waals surface area contributed by atoms with Gasteiger partial charge in [-0.1, -0.05) is 6.08 Å². The molecule has 1 fully saturated rings. The summed E-state index contributed by atoms with van der Waals surface area (Å²) in [6, 6.07) is 0. The van der Waals surface area contributed by atoms with Gasteiger partial charge in [0.25, 0.3) is 5.91 Å². The summed E-state index contributed by atoms with van der Waals surface area (Å²) in [5.74, 6) is 0.263. The van der Waals surface area contributed by atoms with Crippen LogP contribution in [-0.2, 0) is 4.79 Å². The molecule has 1 aliphatic rings. The third-order valence-corrected chi connectivity index (χ3v) is 1.32. The maximum absolute atomic E-state index is 10.6. The summed E-state index contributed by atoms with van der Waals surface area (Å²) in [6.07, 6.45) is 7.17. The Morgan fingerprint density at radius 2 is 2.40 bits per heavy atom. The highest BCUT2D eigenvalue weighted by atomic mass is 16.1. The van der Waals surface area contributed by atoms with Gasteiger partial charge in [-0.25, -0.2) is 0 Å². The third-order valence-electron chi connectivity index (χ3n) is 1.32. The Morgan fingerprint density at radius 1 is 1.70 bits per heavy atom. The molecule has 52 valence electrons. The van der Waals surface area contributed by atoms with E-state index in [-0.39, 0.29) is 5.91 Å². The van der Waals surface area contributed by atoms with Crippen molar-refractivity contribution in [1.29, 1.82) is 5.26 Å². The highest BCUT2D eigenvalue weighted by molar-refractivity contribution is 5.88. The first kappa shape index (κ1) is 6.81. The first-order valence-corrected chi connectivity index (χ1v) is 3.20. The molecule has 0 saturated heterocycles. The molecule has 0 aromatic heterocycles. The van der Waals surface area contributed by atoms with Crippen LogP contribution in [0.2, 0.25) is 0 Å². The predicted octanol–water partition coefficient (Wildman–Crippen LogP) is 0.550. The Balaban J connectivity index is 2.23. The fourth-order valence-corrected chi connectivity index (χ4v) is 0.609. The normalized spacial score (nSPS) is 16.7. The Bertz CT molecular complexity index is 198. The number of hydrogen-bond donors (Lipinski definition) is 1. The van der Waals surface area contributed by atoms with E-state index in [0.717, 1.165) is 0 Å². The van der Waals surface area contributed by atoms with Crippen molar-refractivity contribution in [3.8, 4) is 6.19 Å². The maximum Gasteiger partial charge on any atom is 0.256 e. The van der Waals surface area contributed by atoms with E-state index >= 15 is 0 Å². The Hall–Kier alpha value is -1.30. The van der Waals surface area contributed by atoms with Crippen LogP contribution in [0.4, 0.5) is 0 Å². The molecule has 3 heteroatoms. The lowest BCUT2D eigenvalue weighted by molar-refractivity contribution is -0.115. The van der Waals surface area contributed by atoms with Crippen molar-refractivity contribution in [3.05, 3.63) is 12.2 Å². The average molecular weight is 136 g/mol. The molecule has 0 aromatic carbocycles. The van der Waals surface area contributed by atoms with Gasteiger partial charge in [0.1, 0.15) is 0 Å². The summed E-state index contributed by atoms with van der Waals surface area (Å²) in [5, 5.41) is 10.0. The number of allylic oxidation sites excluding steroid dienone is 1. The van der Waals surface area contributed by atoms with E-state index in [2.05, 4.69) is 0 Å². The first-order valence-electron chi connectivity index (χ1n) is 3.20. The molecule has 3 nitrogen and oxygen atoms in total. The molecule has 1 amide bonds. The number of carbonyl (C=O) groups is 1. The van der Waals surface area contributed by atoms with Gasteiger partial charge >= 0.3 is 0 Å². The molecule has 0 atom stereocenters. The van der Waals surface area contributed by atoms with Gasteiger partial charge in [-0.15, -0.1) is 0 Å². The van der Waals surface area contributed by atoms with Crippen LogP contribution in [-0.4, -0.2) is 5.91 Å². The minimum absolute atomic E-state index is 0.325. The number of carbonyl (C=O) groups excluding carboxylic acids is 1. The van der Waals surface area contributed by atoms with E-state index in [4.69, 9.17) is 5.26 Å². The van der Waals surface area contributed by atoms with Crippen LogP contribution in [0.1, 0.15) is 12.8 Å². The second kappa shape index (κ2) is 3.02. The van der Waals surface area contributed by atoms with Crippen molar-refractivity contribution in [2.45, 2.75) is 12.8 Å². The van der Waals surface area contributed by atoms with Crippen LogP contribution < -0.4 is 5.32 Å². The number of nitriles is 1. The van der Waals surface area contributed by atoms with E-state index in [9.17, 15) is 4.79 Å². The second-order valence-corrected chi connectivity index (χ2v) is 2.30. The molecule has 0 spiro atoms. The molecule has 1 aliphatic carbocycles. The summed E-state index contributed by atoms with van der Waals surface area (Å²) in [7, 11) is 0. The van der Waals surface area contributed by atoms with Crippen molar-refractivity contribution in [2.75, 3.05) is 0 Å². The molecule has 10 heavy (non-hydrogen) atoms. The van der Waals surface area contributed by atoms with Crippen LogP contribution in [0.25, 0.3) is 0 Å². The van der Waals surface area contributed by atoms with Gasteiger partial charge in [0.05, 0.1) is 0 Å². The molecule has 1 rings (SSSR count). The van der Waals surface area contributed by atoms with Gasteiger partial charge in [0, 0.05) is 6.08 Å². The average Bonchev–Trinajstić information content (AvgIpc) is 2.67. The molecule has 0 aliphatic heterocycles. The zero-order valence-corrected chi connectivity index (χ0v) is 5.50. The molecule has 0 aromatic rings. The lowest BCUT2D eigenvalue weighted by atomic mass is 10.3. The minimum Gasteiger partial charge on any atom is -0.269 e. The van der Waals surface area contributed by atoms with Crippen LogP contribution in [0, 0.1) is 17.4 Å². The SMILES string of the molecule is N#CNC(=O)C=CC1CC1. The van der Waals surface area contributed by atoms with Crippen molar-refractivity contribution in [2.24, 2.45) is 5.92 Å². The predicted molar refractivity (Wildman–Crippen MR) is 35.6 cm³/mol. The van der Waals surface area contributed by atoms with Gasteiger partial charge in [-0.05, 0) is 18.8 Å². The molecular weight excluding hydrogens is 128 g/mol. The topological polar surface area (TPSA) is 52.9 Å². The number of hydrogen-bond acceptors (Lipinski definition) is 2. The highest BCUT2D eigenvalue weighted by Gasteiger charge is 2.17. The molecule has 0 radical (unpaired) electrons.